The molecule has 0 aliphatic rings. The average molecular weight is 249 g/mol. The molecule has 0 fully saturated rings. The molecule has 0 atom stereocenters. The number of aliphatic carboxylic acids is 1. The molecule has 0 heterocycles. The molecule has 1 aromatic rings. The van der Waals surface area contributed by atoms with Gasteiger partial charge in [0.05, 0.1) is 6.61 Å². The molecule has 2 N–H and O–H groups in total. The molecule has 18 heavy (non-hydrogen) atoms. The second-order valence-electron chi connectivity index (χ2n) is 3.61. The van der Waals surface area contributed by atoms with Gasteiger partial charge in [-0.05, 0) is 19.1 Å². The number of para-hydroxylation sites is 1. The summed E-state index contributed by atoms with van der Waals surface area (Å²) in [7, 11) is 0. The fourth-order valence-electron chi connectivity index (χ4n) is 1.19. The zero-order chi connectivity index (χ0) is 13.4. The summed E-state index contributed by atoms with van der Waals surface area (Å²) < 4.78 is 4.89. The largest absolute Gasteiger partial charge is 0.478 e. The quantitative estimate of drug-likeness (QED) is 0.621. The molecule has 0 bridgehead atoms. The Morgan fingerprint density at radius 2 is 2.00 bits per heavy atom. The van der Waals surface area contributed by atoms with Crippen LogP contribution in [0.4, 0.5) is 10.5 Å². The van der Waals surface area contributed by atoms with E-state index < -0.39 is 12.1 Å². The van der Waals surface area contributed by atoms with E-state index in [2.05, 4.69) is 5.32 Å². The van der Waals surface area contributed by atoms with Gasteiger partial charge in [0.2, 0.25) is 0 Å². The molecule has 0 saturated carbocycles. The van der Waals surface area contributed by atoms with Gasteiger partial charge in [-0.25, -0.2) is 9.59 Å². The van der Waals surface area contributed by atoms with Gasteiger partial charge in [0.25, 0.3) is 0 Å². The van der Waals surface area contributed by atoms with Crippen LogP contribution in [0.5, 0.6) is 0 Å². The monoisotopic (exact) mass is 249 g/mol. The van der Waals surface area contributed by atoms with Gasteiger partial charge in [0.15, 0.2) is 0 Å². The van der Waals surface area contributed by atoms with E-state index in [1.165, 1.54) is 13.0 Å². The van der Waals surface area contributed by atoms with Gasteiger partial charge in [-0.1, -0.05) is 24.3 Å². The topological polar surface area (TPSA) is 75.6 Å². The van der Waals surface area contributed by atoms with Gasteiger partial charge in [0, 0.05) is 17.7 Å². The lowest BCUT2D eigenvalue weighted by Gasteiger charge is -2.05. The molecule has 0 saturated heterocycles. The Bertz CT molecular complexity index is 440. The van der Waals surface area contributed by atoms with Crippen LogP contribution in [-0.4, -0.2) is 23.8 Å². The molecular formula is C13H15NO4. The Hall–Kier alpha value is -2.30. The maximum Gasteiger partial charge on any atom is 0.411 e. The minimum Gasteiger partial charge on any atom is -0.478 e. The summed E-state index contributed by atoms with van der Waals surface area (Å²) >= 11 is 0. The van der Waals surface area contributed by atoms with Crippen LogP contribution < -0.4 is 5.32 Å². The zero-order valence-electron chi connectivity index (χ0n) is 10.1. The third-order valence-electron chi connectivity index (χ3n) is 2.16. The van der Waals surface area contributed by atoms with E-state index in [0.717, 1.165) is 0 Å². The van der Waals surface area contributed by atoms with E-state index in [-0.39, 0.29) is 12.2 Å². The number of amides is 1. The third kappa shape index (κ3) is 5.16. The lowest BCUT2D eigenvalue weighted by molar-refractivity contribution is -0.132. The molecule has 0 aromatic heterocycles. The number of carbonyl (C=O) groups is 2. The van der Waals surface area contributed by atoms with Gasteiger partial charge in [-0.3, -0.25) is 5.32 Å². The van der Waals surface area contributed by atoms with Crippen LogP contribution in [0.25, 0.3) is 0 Å². The first-order valence-corrected chi connectivity index (χ1v) is 5.48. The summed E-state index contributed by atoms with van der Waals surface area (Å²) in [6, 6.07) is 8.94. The highest BCUT2D eigenvalue weighted by molar-refractivity contribution is 5.86. The Kier molecular flexibility index (Phi) is 5.44. The maximum absolute atomic E-state index is 11.3. The molecular weight excluding hydrogens is 234 g/mol. The van der Waals surface area contributed by atoms with Crippen molar-refractivity contribution in [3.8, 4) is 0 Å². The van der Waals surface area contributed by atoms with Crippen LogP contribution in [0.3, 0.4) is 0 Å². The molecule has 1 amide bonds. The molecule has 1 rings (SSSR count). The Labute approximate surface area is 105 Å². The first kappa shape index (κ1) is 13.8. The Balaban J connectivity index is 2.26. The fourth-order valence-corrected chi connectivity index (χ4v) is 1.19. The Morgan fingerprint density at radius 1 is 1.33 bits per heavy atom. The molecule has 0 unspecified atom stereocenters. The maximum atomic E-state index is 11.3. The highest BCUT2D eigenvalue weighted by Gasteiger charge is 2.02. The van der Waals surface area contributed by atoms with Crippen molar-refractivity contribution in [3.63, 3.8) is 0 Å². The van der Waals surface area contributed by atoms with E-state index in [1.54, 1.807) is 24.3 Å². The SMILES string of the molecule is CC(=CCCOC(=O)Nc1ccccc1)C(=O)O. The minimum atomic E-state index is -0.969. The zero-order valence-corrected chi connectivity index (χ0v) is 10.1. The number of hydrogen-bond donors (Lipinski definition) is 2. The van der Waals surface area contributed by atoms with E-state index in [0.29, 0.717) is 12.1 Å². The fraction of sp³-hybridized carbons (Fsp3) is 0.231. The molecule has 96 valence electrons. The van der Waals surface area contributed by atoms with Gasteiger partial charge in [0.1, 0.15) is 0 Å². The van der Waals surface area contributed by atoms with Crippen molar-refractivity contribution in [2.45, 2.75) is 13.3 Å². The number of hydrogen-bond acceptors (Lipinski definition) is 3. The first-order chi connectivity index (χ1) is 8.59. The van der Waals surface area contributed by atoms with Crippen LogP contribution >= 0.6 is 0 Å². The Morgan fingerprint density at radius 3 is 2.61 bits per heavy atom. The van der Waals surface area contributed by atoms with Crippen molar-refractivity contribution in [1.82, 2.24) is 0 Å². The number of anilines is 1. The molecule has 1 aromatic carbocycles. The molecule has 0 aliphatic carbocycles. The summed E-state index contributed by atoms with van der Waals surface area (Å²) in [4.78, 5) is 21.8. The number of carbonyl (C=O) groups excluding carboxylic acids is 1. The molecule has 0 spiro atoms. The lowest BCUT2D eigenvalue weighted by atomic mass is 10.2. The standard InChI is InChI=1S/C13H15NO4/c1-10(12(15)16)6-5-9-18-13(17)14-11-7-3-2-4-8-11/h2-4,6-8H,5,9H2,1H3,(H,14,17)(H,15,16). The second-order valence-corrected chi connectivity index (χ2v) is 3.61. The lowest BCUT2D eigenvalue weighted by Crippen LogP contribution is -2.14. The average Bonchev–Trinajstić information content (AvgIpc) is 2.35. The van der Waals surface area contributed by atoms with Crippen molar-refractivity contribution >= 4 is 17.7 Å². The molecule has 0 aliphatic heterocycles. The van der Waals surface area contributed by atoms with Gasteiger partial charge in [-0.2, -0.15) is 0 Å². The summed E-state index contributed by atoms with van der Waals surface area (Å²) in [5, 5.41) is 11.2. The van der Waals surface area contributed by atoms with Crippen LogP contribution in [0.1, 0.15) is 13.3 Å². The summed E-state index contributed by atoms with van der Waals surface area (Å²) in [6.07, 6.45) is 1.33. The normalized spacial score (nSPS) is 10.8. The second kappa shape index (κ2) is 7.11. The van der Waals surface area contributed by atoms with Crippen LogP contribution in [0.2, 0.25) is 0 Å². The predicted molar refractivity (Wildman–Crippen MR) is 67.4 cm³/mol. The van der Waals surface area contributed by atoms with Crippen molar-refractivity contribution in [2.75, 3.05) is 11.9 Å². The number of ether oxygens (including phenoxy) is 1. The number of benzene rings is 1. The van der Waals surface area contributed by atoms with E-state index in [4.69, 9.17) is 9.84 Å². The summed E-state index contributed by atoms with van der Waals surface area (Å²) in [5.41, 5.74) is 0.891. The number of nitrogens with one attached hydrogen (secondary N) is 1. The van der Waals surface area contributed by atoms with Crippen molar-refractivity contribution in [3.05, 3.63) is 42.0 Å². The third-order valence-corrected chi connectivity index (χ3v) is 2.16. The van der Waals surface area contributed by atoms with Gasteiger partial charge in [-0.15, -0.1) is 0 Å². The smallest absolute Gasteiger partial charge is 0.411 e. The van der Waals surface area contributed by atoms with Crippen LogP contribution in [0, 0.1) is 0 Å². The van der Waals surface area contributed by atoms with E-state index >= 15 is 0 Å². The summed E-state index contributed by atoms with van der Waals surface area (Å²) in [6.45, 7) is 1.63. The van der Waals surface area contributed by atoms with Gasteiger partial charge >= 0.3 is 12.1 Å². The number of carboxylic acid groups (broad SMARTS) is 1. The van der Waals surface area contributed by atoms with E-state index in [9.17, 15) is 9.59 Å². The van der Waals surface area contributed by atoms with E-state index in [1.807, 2.05) is 6.07 Å². The molecule has 5 heteroatoms. The minimum absolute atomic E-state index is 0.142. The van der Waals surface area contributed by atoms with Crippen molar-refractivity contribution in [2.24, 2.45) is 0 Å². The molecule has 0 radical (unpaired) electrons. The first-order valence-electron chi connectivity index (χ1n) is 5.48. The summed E-state index contributed by atoms with van der Waals surface area (Å²) in [5.74, 6) is -0.969. The van der Waals surface area contributed by atoms with Crippen LogP contribution in [0.15, 0.2) is 42.0 Å². The van der Waals surface area contributed by atoms with Gasteiger partial charge < -0.3 is 9.84 Å². The highest BCUT2D eigenvalue weighted by Crippen LogP contribution is 2.05. The number of carboxylic acids is 1. The molecule has 5 nitrogen and oxygen atoms in total. The highest BCUT2D eigenvalue weighted by atomic mass is 16.5. The van der Waals surface area contributed by atoms with Crippen molar-refractivity contribution in [1.29, 1.82) is 0 Å². The predicted octanol–water partition coefficient (Wildman–Crippen LogP) is 2.66. The van der Waals surface area contributed by atoms with Crippen molar-refractivity contribution < 1.29 is 19.4 Å². The number of rotatable bonds is 5. The van der Waals surface area contributed by atoms with Crippen LogP contribution in [-0.2, 0) is 9.53 Å².